The van der Waals surface area contributed by atoms with E-state index < -0.39 is 12.0 Å². The maximum atomic E-state index is 14.1. The quantitative estimate of drug-likeness (QED) is 0.207. The second-order valence-electron chi connectivity index (χ2n) is 10.6. The van der Waals surface area contributed by atoms with Gasteiger partial charge in [-0.25, -0.2) is 9.79 Å². The predicted octanol–water partition coefficient (Wildman–Crippen LogP) is 5.49. The van der Waals surface area contributed by atoms with Gasteiger partial charge in [-0.1, -0.05) is 60.7 Å². The number of rotatable bonds is 7. The molecule has 0 amide bonds. The zero-order chi connectivity index (χ0) is 29.2. The highest BCUT2D eigenvalue weighted by Gasteiger charge is 2.35. The van der Waals surface area contributed by atoms with Crippen LogP contribution < -0.4 is 19.8 Å². The number of anilines is 1. The third kappa shape index (κ3) is 5.51. The molecule has 0 aliphatic carbocycles. The van der Waals surface area contributed by atoms with Gasteiger partial charge in [0.25, 0.3) is 5.56 Å². The van der Waals surface area contributed by atoms with Crippen molar-refractivity contribution in [2.45, 2.75) is 37.6 Å². The molecule has 0 N–H and O–H groups in total. The van der Waals surface area contributed by atoms with Gasteiger partial charge in [0.1, 0.15) is 5.76 Å². The number of furan rings is 1. The molecule has 2 aromatic heterocycles. The van der Waals surface area contributed by atoms with Gasteiger partial charge in [0.15, 0.2) is 10.7 Å². The summed E-state index contributed by atoms with van der Waals surface area (Å²) in [4.78, 5) is 36.5. The lowest BCUT2D eigenvalue weighted by atomic mass is 9.93. The number of thioether (sulfide) groups is 1. The molecule has 0 spiro atoms. The van der Waals surface area contributed by atoms with Crippen molar-refractivity contribution in [2.24, 2.45) is 10.9 Å². The fourth-order valence-electron chi connectivity index (χ4n) is 5.49. The molecule has 0 radical (unpaired) electrons. The van der Waals surface area contributed by atoms with Crippen LogP contribution in [-0.2, 0) is 9.53 Å². The lowest BCUT2D eigenvalue weighted by molar-refractivity contribution is -0.138. The molecule has 0 bridgehead atoms. The van der Waals surface area contributed by atoms with Crippen molar-refractivity contribution < 1.29 is 13.9 Å². The number of carbonyl (C=O) groups is 1. The molecule has 1 saturated heterocycles. The van der Waals surface area contributed by atoms with Crippen molar-refractivity contribution in [3.63, 3.8) is 0 Å². The SMILES string of the molecule is CCOC(=O)C1=C(c2ccccc2)N=c2s/c(=C/c3ccc(N4CCC(C)CC4)o3)c(=O)n2[C@@H]1c1ccc(SC)cc1. The normalized spacial score (nSPS) is 17.7. The number of ether oxygens (including phenoxy) is 1. The molecule has 2 aromatic carbocycles. The summed E-state index contributed by atoms with van der Waals surface area (Å²) in [6.45, 7) is 6.20. The Morgan fingerprint density at radius 2 is 1.83 bits per heavy atom. The zero-order valence-electron chi connectivity index (χ0n) is 23.9. The summed E-state index contributed by atoms with van der Waals surface area (Å²) in [5.41, 5.74) is 2.23. The summed E-state index contributed by atoms with van der Waals surface area (Å²) in [5.74, 6) is 1.67. The first kappa shape index (κ1) is 28.3. The number of hydrogen-bond donors (Lipinski definition) is 0. The fourth-order valence-corrected chi connectivity index (χ4v) is 6.88. The van der Waals surface area contributed by atoms with Crippen LogP contribution >= 0.6 is 23.1 Å². The number of nitrogens with zero attached hydrogens (tertiary/aromatic N) is 3. The van der Waals surface area contributed by atoms with Crippen molar-refractivity contribution in [2.75, 3.05) is 30.9 Å². The largest absolute Gasteiger partial charge is 0.463 e. The van der Waals surface area contributed by atoms with Gasteiger partial charge < -0.3 is 14.1 Å². The van der Waals surface area contributed by atoms with Crippen LogP contribution in [0.4, 0.5) is 5.88 Å². The van der Waals surface area contributed by atoms with Crippen LogP contribution in [0.5, 0.6) is 0 Å². The monoisotopic (exact) mass is 599 g/mol. The van der Waals surface area contributed by atoms with E-state index in [1.807, 2.05) is 73.0 Å². The molecule has 4 aromatic rings. The number of piperidine rings is 1. The van der Waals surface area contributed by atoms with Crippen molar-refractivity contribution in [3.05, 3.63) is 109 Å². The smallest absolute Gasteiger partial charge is 0.338 e. The molecule has 0 unspecified atom stereocenters. The number of fused-ring (bicyclic) bond motifs is 1. The molecule has 1 atom stereocenters. The average molecular weight is 600 g/mol. The van der Waals surface area contributed by atoms with Crippen LogP contribution in [0.1, 0.15) is 49.6 Å². The lowest BCUT2D eigenvalue weighted by Crippen LogP contribution is -2.40. The number of thiazole rings is 1. The topological polar surface area (TPSA) is 77.0 Å². The van der Waals surface area contributed by atoms with E-state index in [2.05, 4.69) is 11.8 Å². The predicted molar refractivity (Wildman–Crippen MR) is 169 cm³/mol. The van der Waals surface area contributed by atoms with E-state index in [1.54, 1.807) is 29.3 Å². The molecule has 0 saturated carbocycles. The van der Waals surface area contributed by atoms with Gasteiger partial charge >= 0.3 is 5.97 Å². The summed E-state index contributed by atoms with van der Waals surface area (Å²) in [7, 11) is 0. The highest BCUT2D eigenvalue weighted by Crippen LogP contribution is 2.35. The minimum Gasteiger partial charge on any atom is -0.463 e. The van der Waals surface area contributed by atoms with Crippen molar-refractivity contribution in [1.82, 2.24) is 4.57 Å². The summed E-state index contributed by atoms with van der Waals surface area (Å²) in [5, 5.41) is 0. The molecule has 1 fully saturated rings. The summed E-state index contributed by atoms with van der Waals surface area (Å²) in [6, 6.07) is 20.7. The van der Waals surface area contributed by atoms with E-state index in [9.17, 15) is 9.59 Å². The summed E-state index contributed by atoms with van der Waals surface area (Å²) in [6.07, 6.45) is 6.07. The first-order chi connectivity index (χ1) is 20.5. The van der Waals surface area contributed by atoms with Gasteiger partial charge in [0.2, 0.25) is 0 Å². The molecule has 4 heterocycles. The molecule has 2 aliphatic heterocycles. The first-order valence-electron chi connectivity index (χ1n) is 14.2. The number of benzene rings is 2. The van der Waals surface area contributed by atoms with Crippen molar-refractivity contribution >= 4 is 46.7 Å². The third-order valence-electron chi connectivity index (χ3n) is 7.79. The number of aromatic nitrogens is 1. The summed E-state index contributed by atoms with van der Waals surface area (Å²) >= 11 is 2.93. The van der Waals surface area contributed by atoms with E-state index in [0.717, 1.165) is 53.8 Å². The highest BCUT2D eigenvalue weighted by molar-refractivity contribution is 7.98. The lowest BCUT2D eigenvalue weighted by Gasteiger charge is -2.29. The Labute approximate surface area is 252 Å². The Balaban J connectivity index is 1.51. The Kier molecular flexibility index (Phi) is 8.22. The summed E-state index contributed by atoms with van der Waals surface area (Å²) < 4.78 is 13.8. The van der Waals surface area contributed by atoms with Gasteiger partial charge in [-0.3, -0.25) is 9.36 Å². The molecule has 7 nitrogen and oxygen atoms in total. The fraction of sp³-hybridized carbons (Fsp3) is 0.303. The van der Waals surface area contributed by atoms with Crippen LogP contribution in [-0.4, -0.2) is 36.5 Å². The van der Waals surface area contributed by atoms with Gasteiger partial charge in [-0.15, -0.1) is 11.8 Å². The second-order valence-corrected chi connectivity index (χ2v) is 12.4. The van der Waals surface area contributed by atoms with Gasteiger partial charge in [0.05, 0.1) is 28.5 Å². The van der Waals surface area contributed by atoms with Crippen LogP contribution in [0, 0.1) is 5.92 Å². The Hall–Kier alpha value is -3.82. The first-order valence-corrected chi connectivity index (χ1v) is 16.3. The minimum absolute atomic E-state index is 0.212. The van der Waals surface area contributed by atoms with Crippen LogP contribution in [0.25, 0.3) is 11.8 Å². The van der Waals surface area contributed by atoms with Crippen LogP contribution in [0.3, 0.4) is 0 Å². The number of carbonyl (C=O) groups excluding carboxylic acids is 1. The van der Waals surface area contributed by atoms with E-state index in [-0.39, 0.29) is 12.2 Å². The number of esters is 1. The molecule has 42 heavy (non-hydrogen) atoms. The van der Waals surface area contributed by atoms with Gasteiger partial charge in [0, 0.05) is 35.7 Å². The molecular formula is C33H33N3O4S2. The standard InChI is InChI=1S/C33H33N3O4S2/c1-4-39-32(38)28-29(22-8-6-5-7-9-22)34-33-36(30(28)23-10-13-25(41-3)14-11-23)31(37)26(42-33)20-24-12-15-27(40-24)35-18-16-21(2)17-19-35/h5-15,20-21,30H,4,16-19H2,1-3H3/b26-20+/t30-/m1/s1. The second kappa shape index (κ2) is 12.2. The molecule has 216 valence electrons. The highest BCUT2D eigenvalue weighted by atomic mass is 32.2. The molecule has 2 aliphatic rings. The third-order valence-corrected chi connectivity index (χ3v) is 9.51. The Morgan fingerprint density at radius 1 is 1.10 bits per heavy atom. The van der Waals surface area contributed by atoms with Gasteiger partial charge in [-0.2, -0.15) is 0 Å². The Bertz CT molecular complexity index is 1790. The Morgan fingerprint density at radius 3 is 2.52 bits per heavy atom. The zero-order valence-corrected chi connectivity index (χ0v) is 25.5. The van der Waals surface area contributed by atoms with Crippen LogP contribution in [0.2, 0.25) is 0 Å². The minimum atomic E-state index is -0.698. The molecular weight excluding hydrogens is 567 g/mol. The van der Waals surface area contributed by atoms with Crippen molar-refractivity contribution in [3.8, 4) is 0 Å². The van der Waals surface area contributed by atoms with E-state index in [4.69, 9.17) is 14.1 Å². The maximum absolute atomic E-state index is 14.1. The van der Waals surface area contributed by atoms with E-state index in [0.29, 0.717) is 26.4 Å². The van der Waals surface area contributed by atoms with Gasteiger partial charge in [-0.05, 0) is 55.7 Å². The molecule has 6 rings (SSSR count). The molecule has 9 heteroatoms. The van der Waals surface area contributed by atoms with E-state index in [1.165, 1.54) is 11.3 Å². The van der Waals surface area contributed by atoms with E-state index >= 15 is 0 Å². The maximum Gasteiger partial charge on any atom is 0.338 e. The van der Waals surface area contributed by atoms with Crippen LogP contribution in [0.15, 0.2) is 91.4 Å². The van der Waals surface area contributed by atoms with Crippen molar-refractivity contribution in [1.29, 1.82) is 0 Å². The number of hydrogen-bond acceptors (Lipinski definition) is 8. The average Bonchev–Trinajstić information content (AvgIpc) is 3.61.